The molecule has 0 fully saturated rings. The molecule has 0 amide bonds. The van der Waals surface area contributed by atoms with Crippen LogP contribution < -0.4 is 0 Å². The summed E-state index contributed by atoms with van der Waals surface area (Å²) in [5, 5.41) is 0.690. The van der Waals surface area contributed by atoms with Crippen molar-refractivity contribution < 1.29 is 8.85 Å². The van der Waals surface area contributed by atoms with Gasteiger partial charge < -0.3 is 8.85 Å². The average molecular weight is 321 g/mol. The van der Waals surface area contributed by atoms with Gasteiger partial charge in [-0.1, -0.05) is 48.5 Å². The van der Waals surface area contributed by atoms with Gasteiger partial charge in [0.2, 0.25) is 0 Å². The summed E-state index contributed by atoms with van der Waals surface area (Å²) >= 11 is 0. The molecule has 0 aromatic rings. The van der Waals surface area contributed by atoms with Crippen LogP contribution in [0.1, 0.15) is 62.3 Å². The van der Waals surface area contributed by atoms with Crippen molar-refractivity contribution >= 4 is 16.6 Å². The van der Waals surface area contributed by atoms with E-state index in [1.54, 1.807) is 0 Å². The quantitative estimate of drug-likeness (QED) is 0.461. The highest BCUT2D eigenvalue weighted by Crippen LogP contribution is 2.41. The topological polar surface area (TPSA) is 18.5 Å². The molecule has 2 nitrogen and oxygen atoms in total. The lowest BCUT2D eigenvalue weighted by molar-refractivity contribution is 0.294. The van der Waals surface area contributed by atoms with E-state index >= 15 is 0 Å². The number of rotatable bonds is 10. The Kier molecular flexibility index (Phi) is 13.5. The van der Waals surface area contributed by atoms with Crippen LogP contribution >= 0.6 is 0 Å². The van der Waals surface area contributed by atoms with Crippen LogP contribution in [0, 0.1) is 0 Å². The molecule has 0 aromatic carbocycles. The minimum absolute atomic E-state index is 0.690. The second kappa shape index (κ2) is 12.0. The standard InChI is InChI=1S/C14H34O2Si2.C2H6/c1-8-15-17(10-3,11-4)14(7)18(12-5,13-6)16-9-2;1-2/h14H,8-13H2,1-7H3;1-2H3. The molecule has 0 atom stereocenters. The minimum atomic E-state index is -1.62. The van der Waals surface area contributed by atoms with Crippen LogP contribution in [0.3, 0.4) is 0 Å². The van der Waals surface area contributed by atoms with Crippen LogP contribution in [-0.2, 0) is 8.85 Å². The van der Waals surface area contributed by atoms with Gasteiger partial charge in [-0.25, -0.2) is 0 Å². The van der Waals surface area contributed by atoms with E-state index in [-0.39, 0.29) is 0 Å². The Hall–Kier alpha value is 0.354. The van der Waals surface area contributed by atoms with Gasteiger partial charge in [-0.15, -0.1) is 0 Å². The first-order valence-corrected chi connectivity index (χ1v) is 13.6. The Labute approximate surface area is 130 Å². The van der Waals surface area contributed by atoms with Crippen molar-refractivity contribution in [1.29, 1.82) is 0 Å². The van der Waals surface area contributed by atoms with Crippen molar-refractivity contribution in [1.82, 2.24) is 0 Å². The van der Waals surface area contributed by atoms with E-state index < -0.39 is 16.6 Å². The first kappa shape index (κ1) is 22.6. The highest BCUT2D eigenvalue weighted by atomic mass is 28.4. The molecule has 20 heavy (non-hydrogen) atoms. The molecule has 0 saturated carbocycles. The van der Waals surface area contributed by atoms with Crippen molar-refractivity contribution in [3.8, 4) is 0 Å². The molecule has 0 spiro atoms. The van der Waals surface area contributed by atoms with Crippen molar-refractivity contribution in [3.05, 3.63) is 0 Å². The highest BCUT2D eigenvalue weighted by Gasteiger charge is 2.50. The first-order valence-electron chi connectivity index (χ1n) is 8.80. The second-order valence-electron chi connectivity index (χ2n) is 5.13. The minimum Gasteiger partial charge on any atom is -0.417 e. The molecule has 0 rings (SSSR count). The maximum Gasteiger partial charge on any atom is 0.194 e. The molecular weight excluding hydrogens is 280 g/mol. The van der Waals surface area contributed by atoms with Crippen LogP contribution in [0.5, 0.6) is 0 Å². The Balaban J connectivity index is 0. The largest absolute Gasteiger partial charge is 0.417 e. The SMILES string of the molecule is CC.CCO[Si](CC)(CC)C(C)[Si](CC)(CC)OCC. The summed E-state index contributed by atoms with van der Waals surface area (Å²) < 4.78 is 12.7. The second-order valence-corrected chi connectivity index (χ2v) is 15.1. The zero-order chi connectivity index (χ0) is 16.2. The summed E-state index contributed by atoms with van der Waals surface area (Å²) in [5.74, 6) is 0. The van der Waals surface area contributed by atoms with Gasteiger partial charge in [0.05, 0.1) is 0 Å². The van der Waals surface area contributed by atoms with Gasteiger partial charge in [-0.05, 0) is 43.2 Å². The molecule has 124 valence electrons. The summed E-state index contributed by atoms with van der Waals surface area (Å²) in [4.78, 5) is 0. The van der Waals surface area contributed by atoms with Crippen LogP contribution in [0.15, 0.2) is 0 Å². The monoisotopic (exact) mass is 320 g/mol. The van der Waals surface area contributed by atoms with Gasteiger partial charge >= 0.3 is 0 Å². The third-order valence-corrected chi connectivity index (χ3v) is 17.7. The number of hydrogen-bond donors (Lipinski definition) is 0. The van der Waals surface area contributed by atoms with Crippen molar-refractivity contribution in [2.45, 2.75) is 91.7 Å². The zero-order valence-corrected chi connectivity index (χ0v) is 17.6. The normalized spacial score (nSPS) is 12.3. The predicted molar refractivity (Wildman–Crippen MR) is 97.5 cm³/mol. The van der Waals surface area contributed by atoms with Crippen LogP contribution in [0.2, 0.25) is 29.3 Å². The van der Waals surface area contributed by atoms with Crippen molar-refractivity contribution in [2.75, 3.05) is 13.2 Å². The maximum atomic E-state index is 6.34. The van der Waals surface area contributed by atoms with Crippen LogP contribution in [-0.4, -0.2) is 29.8 Å². The Morgan fingerprint density at radius 3 is 1.05 bits per heavy atom. The summed E-state index contributed by atoms with van der Waals surface area (Å²) in [6, 6.07) is 4.89. The van der Waals surface area contributed by atoms with E-state index in [2.05, 4.69) is 48.5 Å². The molecular formula is C16H40O2Si2. The Morgan fingerprint density at radius 1 is 0.650 bits per heavy atom. The van der Waals surface area contributed by atoms with Gasteiger partial charge in [0.25, 0.3) is 0 Å². The van der Waals surface area contributed by atoms with E-state index in [0.29, 0.717) is 5.16 Å². The van der Waals surface area contributed by atoms with Crippen molar-refractivity contribution in [3.63, 3.8) is 0 Å². The molecule has 0 radical (unpaired) electrons. The number of hydrogen-bond acceptors (Lipinski definition) is 2. The molecule has 0 aliphatic heterocycles. The van der Waals surface area contributed by atoms with Crippen LogP contribution in [0.4, 0.5) is 0 Å². The molecule has 0 heterocycles. The molecule has 0 bridgehead atoms. The summed E-state index contributed by atoms with van der Waals surface area (Å²) in [6.45, 7) is 21.7. The fourth-order valence-corrected chi connectivity index (χ4v) is 16.1. The van der Waals surface area contributed by atoms with E-state index in [1.807, 2.05) is 13.8 Å². The average Bonchev–Trinajstić information content (AvgIpc) is 2.52. The summed E-state index contributed by atoms with van der Waals surface area (Å²) in [6.07, 6.45) is 0. The first-order chi connectivity index (χ1) is 9.52. The van der Waals surface area contributed by atoms with E-state index in [0.717, 1.165) is 13.2 Å². The van der Waals surface area contributed by atoms with Gasteiger partial charge in [-0.2, -0.15) is 0 Å². The van der Waals surface area contributed by atoms with E-state index in [1.165, 1.54) is 24.2 Å². The Bertz CT molecular complexity index is 193. The van der Waals surface area contributed by atoms with Crippen molar-refractivity contribution in [2.24, 2.45) is 0 Å². The maximum absolute atomic E-state index is 6.34. The van der Waals surface area contributed by atoms with Gasteiger partial charge in [0, 0.05) is 13.2 Å². The summed E-state index contributed by atoms with van der Waals surface area (Å²) in [7, 11) is -3.25. The molecule has 0 N–H and O–H groups in total. The van der Waals surface area contributed by atoms with Gasteiger partial charge in [-0.3, -0.25) is 0 Å². The molecule has 0 aromatic heterocycles. The van der Waals surface area contributed by atoms with E-state index in [9.17, 15) is 0 Å². The molecule has 0 aliphatic rings. The molecule has 0 saturated heterocycles. The third-order valence-electron chi connectivity index (χ3n) is 4.84. The predicted octanol–water partition coefficient (Wildman–Crippen LogP) is 5.99. The Morgan fingerprint density at radius 2 is 0.900 bits per heavy atom. The lowest BCUT2D eigenvalue weighted by Crippen LogP contribution is -2.55. The summed E-state index contributed by atoms with van der Waals surface area (Å²) in [5.41, 5.74) is 0. The van der Waals surface area contributed by atoms with Crippen LogP contribution in [0.25, 0.3) is 0 Å². The lowest BCUT2D eigenvalue weighted by Gasteiger charge is -2.45. The highest BCUT2D eigenvalue weighted by molar-refractivity contribution is 6.93. The molecule has 0 unspecified atom stereocenters. The van der Waals surface area contributed by atoms with Gasteiger partial charge in [0.15, 0.2) is 16.6 Å². The molecule has 4 heteroatoms. The van der Waals surface area contributed by atoms with Gasteiger partial charge in [0.1, 0.15) is 0 Å². The fraction of sp³-hybridized carbons (Fsp3) is 1.00. The third kappa shape index (κ3) is 5.28. The smallest absolute Gasteiger partial charge is 0.194 e. The lowest BCUT2D eigenvalue weighted by atomic mass is 10.9. The zero-order valence-electron chi connectivity index (χ0n) is 15.6. The van der Waals surface area contributed by atoms with E-state index in [4.69, 9.17) is 8.85 Å². The molecule has 0 aliphatic carbocycles. The fourth-order valence-electron chi connectivity index (χ4n) is 3.44.